The molecule has 5 nitrogen and oxygen atoms in total. The highest BCUT2D eigenvalue weighted by atomic mass is 35.5. The maximum Gasteiger partial charge on any atom is 0.352 e. The second kappa shape index (κ2) is 8.74. The van der Waals surface area contributed by atoms with E-state index in [1.807, 2.05) is 0 Å². The summed E-state index contributed by atoms with van der Waals surface area (Å²) in [4.78, 5) is 23.9. The second-order valence-corrected chi connectivity index (χ2v) is 5.85. The van der Waals surface area contributed by atoms with Gasteiger partial charge in [0.2, 0.25) is 0 Å². The molecule has 0 heterocycles. The molecule has 1 atom stereocenters. The molecule has 2 rings (SSSR count). The van der Waals surface area contributed by atoms with Gasteiger partial charge in [-0.1, -0.05) is 29.3 Å². The second-order valence-electron chi connectivity index (χ2n) is 5.00. The highest BCUT2D eigenvalue weighted by molar-refractivity contribution is 6.35. The van der Waals surface area contributed by atoms with Gasteiger partial charge in [0.05, 0.1) is 17.2 Å². The van der Waals surface area contributed by atoms with E-state index >= 15 is 0 Å². The van der Waals surface area contributed by atoms with Crippen molar-refractivity contribution in [2.75, 3.05) is 6.61 Å². The molecule has 25 heavy (non-hydrogen) atoms. The molecule has 2 aromatic carbocycles. The Labute approximate surface area is 155 Å². The Balaban J connectivity index is 2.03. The van der Waals surface area contributed by atoms with E-state index in [0.717, 1.165) is 0 Å². The summed E-state index contributed by atoms with van der Waals surface area (Å²) < 4.78 is 15.6. The lowest BCUT2D eigenvalue weighted by atomic mass is 10.2. The fraction of sp³-hybridized carbons (Fsp3) is 0.222. The Morgan fingerprint density at radius 3 is 2.56 bits per heavy atom. The molecule has 0 bridgehead atoms. The third kappa shape index (κ3) is 5.37. The molecule has 0 N–H and O–H groups in total. The number of hydrogen-bond acceptors (Lipinski definition) is 5. The van der Waals surface area contributed by atoms with E-state index in [4.69, 9.17) is 37.4 Å². The third-order valence-electron chi connectivity index (χ3n) is 3.09. The van der Waals surface area contributed by atoms with Crippen molar-refractivity contribution in [2.45, 2.75) is 20.0 Å². The Bertz CT molecular complexity index is 776. The lowest BCUT2D eigenvalue weighted by Gasteiger charge is -2.15. The number of halogens is 2. The van der Waals surface area contributed by atoms with Gasteiger partial charge in [0.15, 0.2) is 6.10 Å². The summed E-state index contributed by atoms with van der Waals surface area (Å²) in [5.74, 6) is -0.589. The van der Waals surface area contributed by atoms with Gasteiger partial charge in [-0.2, -0.15) is 0 Å². The van der Waals surface area contributed by atoms with Crippen molar-refractivity contribution in [1.82, 2.24) is 0 Å². The molecule has 0 fully saturated rings. The van der Waals surface area contributed by atoms with Gasteiger partial charge in [-0.3, -0.25) is 0 Å². The highest BCUT2D eigenvalue weighted by Crippen LogP contribution is 2.28. The first kappa shape index (κ1) is 19.1. The zero-order valence-electron chi connectivity index (χ0n) is 13.6. The smallest absolute Gasteiger partial charge is 0.352 e. The van der Waals surface area contributed by atoms with Crippen LogP contribution in [0.25, 0.3) is 0 Å². The Hall–Kier alpha value is -2.24. The number of carbonyl (C=O) groups excluding carboxylic acids is 2. The van der Waals surface area contributed by atoms with Crippen LogP contribution in [0.3, 0.4) is 0 Å². The van der Waals surface area contributed by atoms with Crippen LogP contribution < -0.4 is 9.47 Å². The Kier molecular flexibility index (Phi) is 6.67. The maximum atomic E-state index is 12.2. The summed E-state index contributed by atoms with van der Waals surface area (Å²) in [6.07, 6.45) is -0.912. The molecule has 0 aliphatic heterocycles. The summed E-state index contributed by atoms with van der Waals surface area (Å²) >= 11 is 11.8. The predicted octanol–water partition coefficient (Wildman–Crippen LogP) is 4.54. The fourth-order valence-electron chi connectivity index (χ4n) is 1.91. The van der Waals surface area contributed by atoms with Crippen LogP contribution in [0.15, 0.2) is 42.5 Å². The first-order chi connectivity index (χ1) is 11.9. The highest BCUT2D eigenvalue weighted by Gasteiger charge is 2.19. The fourth-order valence-corrected chi connectivity index (χ4v) is 2.36. The first-order valence-corrected chi connectivity index (χ1v) is 8.27. The molecule has 132 valence electrons. The van der Waals surface area contributed by atoms with Crippen LogP contribution in [0.2, 0.25) is 10.0 Å². The van der Waals surface area contributed by atoms with Gasteiger partial charge in [0, 0.05) is 5.02 Å². The Morgan fingerprint density at radius 1 is 1.12 bits per heavy atom. The van der Waals surface area contributed by atoms with Crippen molar-refractivity contribution in [2.24, 2.45) is 0 Å². The number of carbonyl (C=O) groups is 2. The molecule has 2 aromatic rings. The third-order valence-corrected chi connectivity index (χ3v) is 3.62. The normalized spacial score (nSPS) is 11.5. The summed E-state index contributed by atoms with van der Waals surface area (Å²) in [5.41, 5.74) is 0.293. The van der Waals surface area contributed by atoms with Crippen molar-refractivity contribution in [1.29, 1.82) is 0 Å². The summed E-state index contributed by atoms with van der Waals surface area (Å²) in [7, 11) is 0. The van der Waals surface area contributed by atoms with Crippen LogP contribution in [-0.4, -0.2) is 24.6 Å². The van der Waals surface area contributed by atoms with Crippen LogP contribution in [0, 0.1) is 0 Å². The molecule has 0 radical (unpaired) electrons. The van der Waals surface area contributed by atoms with Gasteiger partial charge in [-0.05, 0) is 50.2 Å². The molecule has 0 aliphatic rings. The molecule has 0 amide bonds. The number of rotatable bonds is 6. The molecule has 0 saturated carbocycles. The van der Waals surface area contributed by atoms with E-state index in [9.17, 15) is 9.59 Å². The van der Waals surface area contributed by atoms with E-state index < -0.39 is 18.0 Å². The maximum absolute atomic E-state index is 12.2. The van der Waals surface area contributed by atoms with Gasteiger partial charge in [-0.15, -0.1) is 0 Å². The van der Waals surface area contributed by atoms with Crippen LogP contribution in [0.4, 0.5) is 0 Å². The standard InChI is InChI=1S/C18H16Cl2O5/c1-3-23-18(22)12-5-4-6-14(9-12)25-17(21)11(2)24-16-8-7-13(19)10-15(16)20/h4-11H,3H2,1-2H3. The van der Waals surface area contributed by atoms with Crippen LogP contribution in [0.5, 0.6) is 11.5 Å². The zero-order valence-corrected chi connectivity index (χ0v) is 15.1. The van der Waals surface area contributed by atoms with Gasteiger partial charge >= 0.3 is 11.9 Å². The van der Waals surface area contributed by atoms with Crippen LogP contribution >= 0.6 is 23.2 Å². The van der Waals surface area contributed by atoms with Gasteiger partial charge in [-0.25, -0.2) is 9.59 Å². The lowest BCUT2D eigenvalue weighted by Crippen LogP contribution is -2.28. The van der Waals surface area contributed by atoms with Crippen molar-refractivity contribution in [3.8, 4) is 11.5 Å². The van der Waals surface area contributed by atoms with Crippen LogP contribution in [0.1, 0.15) is 24.2 Å². The van der Waals surface area contributed by atoms with Crippen molar-refractivity contribution < 1.29 is 23.8 Å². The van der Waals surface area contributed by atoms with Crippen LogP contribution in [-0.2, 0) is 9.53 Å². The van der Waals surface area contributed by atoms with Gasteiger partial charge in [0.25, 0.3) is 0 Å². The van der Waals surface area contributed by atoms with Gasteiger partial charge < -0.3 is 14.2 Å². The van der Waals surface area contributed by atoms with Gasteiger partial charge in [0.1, 0.15) is 11.5 Å². The predicted molar refractivity (Wildman–Crippen MR) is 94.6 cm³/mol. The molecule has 0 aliphatic carbocycles. The average Bonchev–Trinajstić information content (AvgIpc) is 2.57. The van der Waals surface area contributed by atoms with E-state index in [-0.39, 0.29) is 17.4 Å². The lowest BCUT2D eigenvalue weighted by molar-refractivity contribution is -0.141. The largest absolute Gasteiger partial charge is 0.477 e. The quantitative estimate of drug-likeness (QED) is 0.541. The monoisotopic (exact) mass is 382 g/mol. The SMILES string of the molecule is CCOC(=O)c1cccc(OC(=O)C(C)Oc2ccc(Cl)cc2Cl)c1. The molecule has 1 unspecified atom stereocenters. The molecular weight excluding hydrogens is 367 g/mol. The topological polar surface area (TPSA) is 61.8 Å². The summed E-state index contributed by atoms with van der Waals surface area (Å²) in [6.45, 7) is 3.50. The molecule has 0 aromatic heterocycles. The first-order valence-electron chi connectivity index (χ1n) is 7.51. The summed E-state index contributed by atoms with van der Waals surface area (Å²) in [6, 6.07) is 10.8. The molecule has 0 spiro atoms. The number of hydrogen-bond donors (Lipinski definition) is 0. The van der Waals surface area contributed by atoms with E-state index in [0.29, 0.717) is 16.3 Å². The molecule has 7 heteroatoms. The van der Waals surface area contributed by atoms with Crippen molar-refractivity contribution in [3.63, 3.8) is 0 Å². The van der Waals surface area contributed by atoms with E-state index in [2.05, 4.69) is 0 Å². The minimum atomic E-state index is -0.912. The molecular formula is C18H16Cl2O5. The minimum Gasteiger partial charge on any atom is -0.477 e. The average molecular weight is 383 g/mol. The number of benzene rings is 2. The van der Waals surface area contributed by atoms with Crippen molar-refractivity contribution in [3.05, 3.63) is 58.1 Å². The van der Waals surface area contributed by atoms with E-state index in [1.165, 1.54) is 19.1 Å². The number of ether oxygens (including phenoxy) is 3. The van der Waals surface area contributed by atoms with E-state index in [1.54, 1.807) is 37.3 Å². The Morgan fingerprint density at radius 2 is 1.88 bits per heavy atom. The summed E-state index contributed by atoms with van der Waals surface area (Å²) in [5, 5.41) is 0.750. The number of esters is 2. The molecule has 0 saturated heterocycles. The minimum absolute atomic E-state index is 0.216. The zero-order chi connectivity index (χ0) is 18.4. The van der Waals surface area contributed by atoms with Crippen molar-refractivity contribution >= 4 is 35.1 Å².